The summed E-state index contributed by atoms with van der Waals surface area (Å²) in [4.78, 5) is 9.32. The Bertz CT molecular complexity index is 3320. The minimum Gasteiger partial charge on any atom is -0.501 e. The molecule has 58 heavy (non-hydrogen) atoms. The number of para-hydroxylation sites is 2. The van der Waals surface area contributed by atoms with E-state index in [-0.39, 0.29) is 31.2 Å². The predicted molar refractivity (Wildman–Crippen MR) is 239 cm³/mol. The maximum atomic E-state index is 7.87. The van der Waals surface area contributed by atoms with Crippen LogP contribution < -0.4 is 0 Å². The Morgan fingerprint density at radius 1 is 0.672 bits per heavy atom. The molecule has 0 amide bonds. The minimum absolute atomic E-state index is 0. The maximum Gasteiger partial charge on any atom is 0.121 e. The van der Waals surface area contributed by atoms with Crippen LogP contribution in [0, 0.1) is 32.8 Å². The van der Waals surface area contributed by atoms with Crippen LogP contribution in [0.15, 0.2) is 138 Å². The average molecular weight is 938 g/mol. The zero-order valence-corrected chi connectivity index (χ0v) is 35.3. The number of nitrogens with zero attached hydrogens (tertiary/aromatic N) is 3. The fourth-order valence-corrected chi connectivity index (χ4v) is 7.96. The van der Waals surface area contributed by atoms with Crippen molar-refractivity contribution in [3.05, 3.63) is 174 Å². The summed E-state index contributed by atoms with van der Waals surface area (Å²) in [6, 6.07) is 49.1. The number of imidazole rings is 1. The smallest absolute Gasteiger partial charge is 0.121 e. The molecule has 0 spiro atoms. The summed E-state index contributed by atoms with van der Waals surface area (Å²) < 4.78 is 55.4. The van der Waals surface area contributed by atoms with Gasteiger partial charge in [-0.2, -0.15) is 0 Å². The van der Waals surface area contributed by atoms with Gasteiger partial charge in [-0.25, -0.2) is 0 Å². The van der Waals surface area contributed by atoms with Gasteiger partial charge in [0.1, 0.15) is 5.58 Å². The van der Waals surface area contributed by atoms with Crippen molar-refractivity contribution in [1.29, 1.82) is 0 Å². The van der Waals surface area contributed by atoms with Crippen LogP contribution in [0.4, 0.5) is 0 Å². The molecule has 4 nitrogen and oxygen atoms in total. The van der Waals surface area contributed by atoms with Gasteiger partial charge in [-0.15, -0.1) is 54.1 Å². The third-order valence-corrected chi connectivity index (χ3v) is 10.7. The number of fused-ring (bicyclic) bond motifs is 7. The Hall–Kier alpha value is -5.87. The Morgan fingerprint density at radius 3 is 2.17 bits per heavy atom. The molecule has 0 fully saturated rings. The third kappa shape index (κ3) is 6.93. The van der Waals surface area contributed by atoms with Gasteiger partial charge in [-0.05, 0) is 101 Å². The van der Waals surface area contributed by atoms with Gasteiger partial charge < -0.3 is 14.0 Å². The summed E-state index contributed by atoms with van der Waals surface area (Å²) >= 11 is 0. The Labute approximate surface area is 362 Å². The van der Waals surface area contributed by atoms with E-state index in [9.17, 15) is 0 Å². The van der Waals surface area contributed by atoms with Crippen LogP contribution in [0.5, 0.6) is 0 Å². The molecule has 0 N–H and O–H groups in total. The molecule has 1 radical (unpaired) electrons. The van der Waals surface area contributed by atoms with Gasteiger partial charge in [-0.1, -0.05) is 117 Å². The molecule has 5 heteroatoms. The van der Waals surface area contributed by atoms with E-state index < -0.39 is 13.7 Å². The first-order chi connectivity index (χ1) is 30.1. The van der Waals surface area contributed by atoms with Crippen LogP contribution in [-0.4, -0.2) is 14.5 Å². The molecule has 289 valence electrons. The number of benzene rings is 7. The zero-order chi connectivity index (χ0) is 44.4. The molecule has 0 aliphatic carbocycles. The summed E-state index contributed by atoms with van der Waals surface area (Å²) in [5.41, 5.74) is 9.95. The van der Waals surface area contributed by atoms with Crippen LogP contribution in [0.2, 0.25) is 0 Å². The molecule has 0 atom stereocenters. The molecule has 3 aromatic heterocycles. The molecule has 0 bridgehead atoms. The molecular weight excluding hydrogens is 887 g/mol. The number of pyridine rings is 1. The van der Waals surface area contributed by atoms with E-state index >= 15 is 0 Å². The molecule has 0 saturated heterocycles. The molecule has 0 unspecified atom stereocenters. The molecule has 10 aromatic rings. The maximum absolute atomic E-state index is 7.87. The van der Waals surface area contributed by atoms with Crippen molar-refractivity contribution in [1.82, 2.24) is 14.5 Å². The summed E-state index contributed by atoms with van der Waals surface area (Å²) in [5.74, 6) is 1.79. The number of hydrogen-bond acceptors (Lipinski definition) is 3. The monoisotopic (exact) mass is 938 g/mol. The van der Waals surface area contributed by atoms with Crippen molar-refractivity contribution >= 4 is 54.5 Å². The van der Waals surface area contributed by atoms with Gasteiger partial charge in [0, 0.05) is 45.6 Å². The van der Waals surface area contributed by atoms with Gasteiger partial charge in [-0.3, -0.25) is 4.98 Å². The summed E-state index contributed by atoms with van der Waals surface area (Å²) in [6.07, 6.45) is 1.12. The van der Waals surface area contributed by atoms with Crippen molar-refractivity contribution < 1.29 is 32.7 Å². The molecule has 3 heterocycles. The van der Waals surface area contributed by atoms with Crippen molar-refractivity contribution in [3.8, 4) is 28.3 Å². The van der Waals surface area contributed by atoms with Crippen LogP contribution >= 0.6 is 0 Å². The van der Waals surface area contributed by atoms with Crippen molar-refractivity contribution in [2.45, 2.75) is 60.2 Å². The van der Waals surface area contributed by atoms with Gasteiger partial charge in [0.05, 0.1) is 22.4 Å². The Kier molecular flexibility index (Phi) is 8.76. The molecular formula is C53H45IrN3O-2. The second-order valence-electron chi connectivity index (χ2n) is 15.3. The van der Waals surface area contributed by atoms with Crippen LogP contribution in [0.25, 0.3) is 82.8 Å². The number of aromatic nitrogens is 3. The molecule has 0 saturated carbocycles. The quantitative estimate of drug-likeness (QED) is 0.128. The van der Waals surface area contributed by atoms with E-state index in [0.29, 0.717) is 34.3 Å². The van der Waals surface area contributed by atoms with E-state index in [1.54, 1.807) is 6.07 Å². The summed E-state index contributed by atoms with van der Waals surface area (Å²) in [7, 11) is 0. The second kappa shape index (κ2) is 15.8. The molecule has 10 rings (SSSR count). The minimum atomic E-state index is -2.61. The fraction of sp³-hybridized carbons (Fsp3) is 0.170. The first kappa shape index (κ1) is 32.1. The molecule has 0 aliphatic rings. The SMILES string of the molecule is Cc1cc(C(C)C)c(-n2c(-c3[c-]cccc3)nc3ccccc32)c(C(C)C)c1.[2H]C([2H])([2H])c1cnc(-c2[c-]ccc3c2oc2cc4c(ccc5ccccc54)cc23)cc1C([2H])([2H])[2H].[Ir]. The van der Waals surface area contributed by atoms with Gasteiger partial charge >= 0.3 is 0 Å². The number of hydrogen-bond donors (Lipinski definition) is 0. The standard InChI is InChI=1S/C27H18NO.C26H27N2.Ir/c1-16-12-25(28-15-17(16)2)22-9-5-8-21-24-13-19-11-10-18-6-3-4-7-20(18)23(19)14-26(24)29-27(21)22;1-17(2)21-15-19(5)16-22(18(3)4)25(21)28-24-14-10-9-13-23(24)27-26(28)20-11-7-6-8-12-20;/h3-8,10-15H,1-2H3;6-11,13-18H,1-5H3;/q2*-1;/i1D3,2D3;;. The van der Waals surface area contributed by atoms with E-state index in [0.717, 1.165) is 60.9 Å². The van der Waals surface area contributed by atoms with Crippen LogP contribution in [0.3, 0.4) is 0 Å². The van der Waals surface area contributed by atoms with Crippen molar-refractivity contribution in [2.24, 2.45) is 0 Å². The number of furan rings is 1. The number of aryl methyl sites for hydroxylation is 3. The van der Waals surface area contributed by atoms with Crippen molar-refractivity contribution in [3.63, 3.8) is 0 Å². The third-order valence-electron chi connectivity index (χ3n) is 10.7. The van der Waals surface area contributed by atoms with Gasteiger partial charge in [0.25, 0.3) is 0 Å². The Balaban J connectivity index is 0.000000177. The Morgan fingerprint density at radius 2 is 1.41 bits per heavy atom. The number of rotatable bonds is 5. The zero-order valence-electron chi connectivity index (χ0n) is 38.9. The van der Waals surface area contributed by atoms with E-state index in [2.05, 4.69) is 135 Å². The topological polar surface area (TPSA) is 43.9 Å². The van der Waals surface area contributed by atoms with Gasteiger partial charge in [0.2, 0.25) is 0 Å². The first-order valence-electron chi connectivity index (χ1n) is 22.4. The van der Waals surface area contributed by atoms with Crippen molar-refractivity contribution in [2.75, 3.05) is 0 Å². The van der Waals surface area contributed by atoms with Crippen LogP contribution in [0.1, 0.15) is 75.6 Å². The van der Waals surface area contributed by atoms with E-state index in [4.69, 9.17) is 17.6 Å². The van der Waals surface area contributed by atoms with Gasteiger partial charge in [0.15, 0.2) is 0 Å². The molecule has 7 aromatic carbocycles. The second-order valence-corrected chi connectivity index (χ2v) is 15.3. The summed E-state index contributed by atoms with van der Waals surface area (Å²) in [6.45, 7) is 6.09. The van der Waals surface area contributed by atoms with E-state index in [1.165, 1.54) is 28.4 Å². The average Bonchev–Trinajstić information content (AvgIpc) is 3.83. The largest absolute Gasteiger partial charge is 0.501 e. The van der Waals surface area contributed by atoms with E-state index in [1.807, 2.05) is 36.4 Å². The summed E-state index contributed by atoms with van der Waals surface area (Å²) in [5, 5.41) is 6.20. The fourth-order valence-electron chi connectivity index (χ4n) is 7.96. The van der Waals surface area contributed by atoms with Crippen LogP contribution in [-0.2, 0) is 20.1 Å². The first-order valence-corrected chi connectivity index (χ1v) is 19.4. The normalized spacial score (nSPS) is 13.5. The molecule has 0 aliphatic heterocycles. The predicted octanol–water partition coefficient (Wildman–Crippen LogP) is 14.4.